The molecule has 2 aromatic carbocycles. The Labute approximate surface area is 120 Å². The number of nitrogens with zero attached hydrogens (tertiary/aromatic N) is 1. The Bertz CT molecular complexity index is 617. The first-order chi connectivity index (χ1) is 9.56. The van der Waals surface area contributed by atoms with Gasteiger partial charge in [-0.25, -0.2) is 4.39 Å². The number of hydrogen-bond acceptors (Lipinski definition) is 3. The molecule has 0 atom stereocenters. The van der Waals surface area contributed by atoms with Crippen molar-refractivity contribution in [1.29, 1.82) is 0 Å². The highest BCUT2D eigenvalue weighted by atomic mass is 35.5. The van der Waals surface area contributed by atoms with Crippen molar-refractivity contribution in [2.45, 2.75) is 13.1 Å². The third-order valence-corrected chi connectivity index (χ3v) is 3.04. The second-order valence-electron chi connectivity index (χ2n) is 4.26. The van der Waals surface area contributed by atoms with E-state index < -0.39 is 4.92 Å². The molecule has 104 valence electrons. The van der Waals surface area contributed by atoms with Crippen molar-refractivity contribution in [2.75, 3.05) is 0 Å². The fraction of sp³-hybridized carbons (Fsp3) is 0.143. The minimum atomic E-state index is -0.458. The number of nitro groups is 1. The normalized spacial score (nSPS) is 10.5. The minimum Gasteiger partial charge on any atom is -0.308 e. The fourth-order valence-corrected chi connectivity index (χ4v) is 1.97. The van der Waals surface area contributed by atoms with Crippen molar-refractivity contribution in [3.8, 4) is 0 Å². The summed E-state index contributed by atoms with van der Waals surface area (Å²) >= 11 is 5.75. The molecular weight excluding hydrogens is 283 g/mol. The van der Waals surface area contributed by atoms with Gasteiger partial charge in [0.15, 0.2) is 0 Å². The van der Waals surface area contributed by atoms with Crippen LogP contribution in [0.2, 0.25) is 5.02 Å². The summed E-state index contributed by atoms with van der Waals surface area (Å²) in [6, 6.07) is 10.7. The van der Waals surface area contributed by atoms with E-state index in [1.807, 2.05) is 0 Å². The van der Waals surface area contributed by atoms with Gasteiger partial charge in [-0.2, -0.15) is 0 Å². The van der Waals surface area contributed by atoms with Gasteiger partial charge in [0.1, 0.15) is 5.82 Å². The number of hydrogen-bond donors (Lipinski definition) is 1. The molecule has 0 unspecified atom stereocenters. The maximum Gasteiger partial charge on any atom is 0.275 e. The van der Waals surface area contributed by atoms with E-state index in [9.17, 15) is 14.5 Å². The zero-order valence-corrected chi connectivity index (χ0v) is 11.2. The SMILES string of the molecule is O=[N+]([O-])c1cc(Cl)ccc1CNCc1ccc(F)cc1. The molecule has 2 rings (SSSR count). The van der Waals surface area contributed by atoms with Gasteiger partial charge in [-0.15, -0.1) is 0 Å². The zero-order valence-electron chi connectivity index (χ0n) is 10.5. The Balaban J connectivity index is 2.00. The molecule has 0 aliphatic carbocycles. The van der Waals surface area contributed by atoms with E-state index in [0.717, 1.165) is 5.56 Å². The molecule has 0 aromatic heterocycles. The van der Waals surface area contributed by atoms with Crippen LogP contribution in [0.5, 0.6) is 0 Å². The Morgan fingerprint density at radius 1 is 1.15 bits per heavy atom. The first-order valence-electron chi connectivity index (χ1n) is 5.94. The second-order valence-corrected chi connectivity index (χ2v) is 4.70. The number of halogens is 2. The third kappa shape index (κ3) is 3.76. The van der Waals surface area contributed by atoms with Crippen LogP contribution in [0.3, 0.4) is 0 Å². The summed E-state index contributed by atoms with van der Waals surface area (Å²) in [4.78, 5) is 10.5. The Morgan fingerprint density at radius 2 is 1.85 bits per heavy atom. The molecule has 0 bridgehead atoms. The average molecular weight is 295 g/mol. The lowest BCUT2D eigenvalue weighted by Crippen LogP contribution is -2.13. The van der Waals surface area contributed by atoms with Crippen molar-refractivity contribution in [2.24, 2.45) is 0 Å². The summed E-state index contributed by atoms with van der Waals surface area (Å²) in [7, 11) is 0. The summed E-state index contributed by atoms with van der Waals surface area (Å²) in [6.45, 7) is 0.838. The number of benzene rings is 2. The molecule has 0 spiro atoms. The van der Waals surface area contributed by atoms with Gasteiger partial charge < -0.3 is 5.32 Å². The molecule has 0 aliphatic heterocycles. The van der Waals surface area contributed by atoms with E-state index >= 15 is 0 Å². The van der Waals surface area contributed by atoms with E-state index in [4.69, 9.17) is 11.6 Å². The van der Waals surface area contributed by atoms with Gasteiger partial charge >= 0.3 is 0 Å². The van der Waals surface area contributed by atoms with E-state index in [1.165, 1.54) is 18.2 Å². The van der Waals surface area contributed by atoms with Gasteiger partial charge in [0, 0.05) is 29.7 Å². The molecule has 0 amide bonds. The highest BCUT2D eigenvalue weighted by molar-refractivity contribution is 6.30. The number of nitrogens with one attached hydrogen (secondary N) is 1. The molecule has 0 heterocycles. The van der Waals surface area contributed by atoms with Crippen molar-refractivity contribution in [3.05, 3.63) is 74.5 Å². The Hall–Kier alpha value is -1.98. The Morgan fingerprint density at radius 3 is 2.50 bits per heavy atom. The monoisotopic (exact) mass is 294 g/mol. The molecule has 4 nitrogen and oxygen atoms in total. The summed E-state index contributed by atoms with van der Waals surface area (Å²) in [5, 5.41) is 14.3. The molecule has 20 heavy (non-hydrogen) atoms. The lowest BCUT2D eigenvalue weighted by Gasteiger charge is -2.06. The van der Waals surface area contributed by atoms with Gasteiger partial charge in [-0.3, -0.25) is 10.1 Å². The maximum atomic E-state index is 12.7. The first-order valence-corrected chi connectivity index (χ1v) is 6.32. The third-order valence-electron chi connectivity index (χ3n) is 2.80. The van der Waals surface area contributed by atoms with Crippen LogP contribution in [-0.4, -0.2) is 4.92 Å². The summed E-state index contributed by atoms with van der Waals surface area (Å²) in [5.74, 6) is -0.290. The van der Waals surface area contributed by atoms with E-state index in [-0.39, 0.29) is 11.5 Å². The smallest absolute Gasteiger partial charge is 0.275 e. The van der Waals surface area contributed by atoms with Crippen LogP contribution < -0.4 is 5.32 Å². The second kappa shape index (κ2) is 6.45. The van der Waals surface area contributed by atoms with Gasteiger partial charge in [0.05, 0.1) is 4.92 Å². The van der Waals surface area contributed by atoms with Gasteiger partial charge in [0.2, 0.25) is 0 Å². The van der Waals surface area contributed by atoms with Crippen molar-refractivity contribution in [3.63, 3.8) is 0 Å². The Kier molecular flexibility index (Phi) is 4.65. The van der Waals surface area contributed by atoms with Gasteiger partial charge in [-0.1, -0.05) is 23.7 Å². The van der Waals surface area contributed by atoms with Crippen LogP contribution in [0.15, 0.2) is 42.5 Å². The molecule has 0 radical (unpaired) electrons. The number of nitro benzene ring substituents is 1. The van der Waals surface area contributed by atoms with Crippen LogP contribution >= 0.6 is 11.6 Å². The van der Waals surface area contributed by atoms with Crippen molar-refractivity contribution < 1.29 is 9.31 Å². The van der Waals surface area contributed by atoms with Crippen molar-refractivity contribution >= 4 is 17.3 Å². The lowest BCUT2D eigenvalue weighted by molar-refractivity contribution is -0.385. The summed E-state index contributed by atoms with van der Waals surface area (Å²) in [5.41, 5.74) is 1.45. The topological polar surface area (TPSA) is 55.2 Å². The van der Waals surface area contributed by atoms with E-state index in [2.05, 4.69) is 5.32 Å². The molecule has 6 heteroatoms. The maximum absolute atomic E-state index is 12.7. The molecule has 1 N–H and O–H groups in total. The highest BCUT2D eigenvalue weighted by Crippen LogP contribution is 2.23. The molecule has 0 fully saturated rings. The van der Waals surface area contributed by atoms with Crippen LogP contribution in [0, 0.1) is 15.9 Å². The van der Waals surface area contributed by atoms with Crippen LogP contribution in [-0.2, 0) is 13.1 Å². The summed E-state index contributed by atoms with van der Waals surface area (Å²) in [6.07, 6.45) is 0. The van der Waals surface area contributed by atoms with Gasteiger partial charge in [0.25, 0.3) is 5.69 Å². The minimum absolute atomic E-state index is 0.0101. The van der Waals surface area contributed by atoms with Crippen LogP contribution in [0.1, 0.15) is 11.1 Å². The van der Waals surface area contributed by atoms with Gasteiger partial charge in [-0.05, 0) is 29.8 Å². The molecule has 0 saturated carbocycles. The number of rotatable bonds is 5. The standard InChI is InChI=1S/C14H12ClFN2O2/c15-12-4-3-11(14(7-12)18(19)20)9-17-8-10-1-5-13(16)6-2-10/h1-7,17H,8-9H2. The van der Waals surface area contributed by atoms with E-state index in [0.29, 0.717) is 23.7 Å². The largest absolute Gasteiger partial charge is 0.308 e. The van der Waals surface area contributed by atoms with Crippen LogP contribution in [0.25, 0.3) is 0 Å². The zero-order chi connectivity index (χ0) is 14.5. The summed E-state index contributed by atoms with van der Waals surface area (Å²) < 4.78 is 12.7. The predicted octanol–water partition coefficient (Wildman–Crippen LogP) is 3.68. The molecule has 2 aromatic rings. The predicted molar refractivity (Wildman–Crippen MR) is 75.1 cm³/mol. The highest BCUT2D eigenvalue weighted by Gasteiger charge is 2.13. The average Bonchev–Trinajstić information content (AvgIpc) is 2.42. The lowest BCUT2D eigenvalue weighted by atomic mass is 10.1. The van der Waals surface area contributed by atoms with E-state index in [1.54, 1.807) is 24.3 Å². The molecule has 0 saturated heterocycles. The molecular formula is C14H12ClFN2O2. The quantitative estimate of drug-likeness (QED) is 0.676. The van der Waals surface area contributed by atoms with Crippen LogP contribution in [0.4, 0.5) is 10.1 Å². The first kappa shape index (κ1) is 14.4. The fourth-order valence-electron chi connectivity index (χ4n) is 1.80. The van der Waals surface area contributed by atoms with Crippen molar-refractivity contribution in [1.82, 2.24) is 5.32 Å². The molecule has 0 aliphatic rings.